The lowest BCUT2D eigenvalue weighted by molar-refractivity contribution is -0.519. The molecule has 0 spiro atoms. The number of aliphatic hydroxyl groups is 2. The van der Waals surface area contributed by atoms with Crippen molar-refractivity contribution < 1.29 is 120 Å². The molecule has 2 aliphatic rings. The van der Waals surface area contributed by atoms with E-state index >= 15 is 0 Å². The van der Waals surface area contributed by atoms with Crippen LogP contribution in [0.5, 0.6) is 0 Å². The number of aliphatic hydroxyl groups excluding tert-OH is 2. The van der Waals surface area contributed by atoms with Crippen LogP contribution in [0.25, 0.3) is 0 Å². The third-order valence-electron chi connectivity index (χ3n) is 6.25. The number of hydrogen-bond donors (Lipinski definition) is 2. The summed E-state index contributed by atoms with van der Waals surface area (Å²) in [6, 6.07) is 0. The molecule has 2 saturated heterocycles. The summed E-state index contributed by atoms with van der Waals surface area (Å²) >= 11 is 0. The summed E-state index contributed by atoms with van der Waals surface area (Å²) in [6.07, 6.45) is -32.6. The summed E-state index contributed by atoms with van der Waals surface area (Å²) in [7, 11) is 0. The SMILES string of the molecule is OC(CCCCC(O)COCC(F)(F)OC(F)(F)OC(F)(F)COCCOCC1CO1)COCCOCC(F)(F)OC(F)(F)OC(F)(F)COCC1CO1. The predicted molar refractivity (Wildman–Crippen MR) is 149 cm³/mol. The molecule has 2 fully saturated rings. The van der Waals surface area contributed by atoms with Crippen LogP contribution in [0.3, 0.4) is 0 Å². The van der Waals surface area contributed by atoms with E-state index in [-0.39, 0.29) is 64.8 Å². The van der Waals surface area contributed by atoms with Crippen molar-refractivity contribution in [2.24, 2.45) is 0 Å². The lowest BCUT2D eigenvalue weighted by Crippen LogP contribution is -2.44. The Balaban J connectivity index is 1.48. The van der Waals surface area contributed by atoms with E-state index in [1.807, 2.05) is 0 Å². The number of rotatable bonds is 35. The Morgan fingerprint density at radius 1 is 0.463 bits per heavy atom. The first-order valence-corrected chi connectivity index (χ1v) is 16.1. The van der Waals surface area contributed by atoms with Gasteiger partial charge in [-0.3, -0.25) is 0 Å². The summed E-state index contributed by atoms with van der Waals surface area (Å²) in [4.78, 5) is 0. The standard InChI is InChI=1S/C28H42F12O14/c29-23(30,52-28(39,40)54-26(35,36)18-48-12-22-14-50-22)15-45-7-5-43-9-19(41)3-1-2-4-20(42)10-47-17-25(33,34)53-27(37,38)51-24(31,32)16-46-8-6-44-11-21-13-49-21/h19-22,41-42H,1-18H2. The molecule has 2 aliphatic heterocycles. The van der Waals surface area contributed by atoms with E-state index in [0.717, 1.165) is 0 Å². The molecule has 4 unspecified atom stereocenters. The minimum Gasteiger partial charge on any atom is -0.391 e. The van der Waals surface area contributed by atoms with E-state index in [4.69, 9.17) is 14.2 Å². The summed E-state index contributed by atoms with van der Waals surface area (Å²) in [5.41, 5.74) is 0. The van der Waals surface area contributed by atoms with Crippen molar-refractivity contribution in [1.82, 2.24) is 0 Å². The average Bonchev–Trinajstić information content (AvgIpc) is 3.93. The maximum absolute atomic E-state index is 13.7. The molecule has 0 aromatic rings. The molecule has 0 bridgehead atoms. The molecule has 2 rings (SSSR count). The number of hydrogen-bond acceptors (Lipinski definition) is 14. The van der Waals surface area contributed by atoms with Gasteiger partial charge in [0, 0.05) is 0 Å². The highest BCUT2D eigenvalue weighted by Crippen LogP contribution is 2.35. The molecule has 2 heterocycles. The van der Waals surface area contributed by atoms with Crippen LogP contribution in [-0.4, -0.2) is 164 Å². The molecule has 0 radical (unpaired) electrons. The van der Waals surface area contributed by atoms with Gasteiger partial charge in [0.2, 0.25) is 0 Å². The largest absolute Gasteiger partial charge is 0.495 e. The molecule has 26 heteroatoms. The topological polar surface area (TPSA) is 158 Å². The van der Waals surface area contributed by atoms with E-state index in [0.29, 0.717) is 6.61 Å². The minimum absolute atomic E-state index is 0.0553. The Labute approximate surface area is 300 Å². The zero-order chi connectivity index (χ0) is 40.5. The summed E-state index contributed by atoms with van der Waals surface area (Å²) in [6.45, 7) is -9.36. The van der Waals surface area contributed by atoms with E-state index < -0.39 is 108 Å². The maximum atomic E-state index is 13.7. The maximum Gasteiger partial charge on any atom is 0.495 e. The summed E-state index contributed by atoms with van der Waals surface area (Å²) in [5, 5.41) is 19.7. The van der Waals surface area contributed by atoms with E-state index in [9.17, 15) is 62.9 Å². The Morgan fingerprint density at radius 2 is 0.778 bits per heavy atom. The fourth-order valence-electron chi connectivity index (χ4n) is 3.78. The van der Waals surface area contributed by atoms with Gasteiger partial charge in [0.1, 0.15) is 38.6 Å². The number of epoxide rings is 2. The number of alkyl halides is 12. The molecule has 54 heavy (non-hydrogen) atoms. The fraction of sp³-hybridized carbons (Fsp3) is 1.00. The van der Waals surface area contributed by atoms with Gasteiger partial charge in [-0.05, 0) is 12.8 Å². The Morgan fingerprint density at radius 3 is 1.19 bits per heavy atom. The van der Waals surface area contributed by atoms with Crippen molar-refractivity contribution in [2.45, 2.75) is 87.1 Å². The molecule has 0 aliphatic carbocycles. The van der Waals surface area contributed by atoms with Crippen LogP contribution in [0.2, 0.25) is 0 Å². The van der Waals surface area contributed by atoms with Crippen LogP contribution in [0.15, 0.2) is 0 Å². The number of ether oxygens (including phenoxy) is 12. The van der Waals surface area contributed by atoms with Gasteiger partial charge in [0.25, 0.3) is 0 Å². The first-order chi connectivity index (χ1) is 25.0. The van der Waals surface area contributed by atoms with Gasteiger partial charge in [-0.15, -0.1) is 17.6 Å². The van der Waals surface area contributed by atoms with E-state index in [1.165, 1.54) is 0 Å². The summed E-state index contributed by atoms with van der Waals surface area (Å²) in [5.74, 6) is 0. The van der Waals surface area contributed by atoms with Crippen LogP contribution in [0, 0.1) is 0 Å². The van der Waals surface area contributed by atoms with Gasteiger partial charge in [-0.25, -0.2) is 18.9 Å². The van der Waals surface area contributed by atoms with Crippen LogP contribution < -0.4 is 0 Å². The highest BCUT2D eigenvalue weighted by atomic mass is 19.3. The van der Waals surface area contributed by atoms with Gasteiger partial charge in [0.05, 0.1) is 78.3 Å². The van der Waals surface area contributed by atoms with Crippen LogP contribution in [0.1, 0.15) is 25.7 Å². The van der Waals surface area contributed by atoms with Crippen LogP contribution in [0.4, 0.5) is 52.7 Å². The minimum atomic E-state index is -5.47. The zero-order valence-electron chi connectivity index (χ0n) is 28.4. The van der Waals surface area contributed by atoms with Crippen molar-refractivity contribution in [3.8, 4) is 0 Å². The quantitative estimate of drug-likeness (QED) is 0.0413. The molecule has 14 nitrogen and oxygen atoms in total. The lowest BCUT2D eigenvalue weighted by atomic mass is 10.1. The van der Waals surface area contributed by atoms with Crippen molar-refractivity contribution in [3.63, 3.8) is 0 Å². The van der Waals surface area contributed by atoms with Gasteiger partial charge in [0.15, 0.2) is 0 Å². The highest BCUT2D eigenvalue weighted by Gasteiger charge is 2.53. The van der Waals surface area contributed by atoms with Crippen molar-refractivity contribution >= 4 is 0 Å². The highest BCUT2D eigenvalue weighted by molar-refractivity contribution is 4.68. The number of halogens is 12. The molecular formula is C28H42F12O14. The molecule has 0 amide bonds. The molecular weight excluding hydrogens is 788 g/mol. The first kappa shape index (κ1) is 48.7. The van der Waals surface area contributed by atoms with Gasteiger partial charge < -0.3 is 48.1 Å². The molecule has 2 N–H and O–H groups in total. The second kappa shape index (κ2) is 22.5. The molecule has 0 aromatic heterocycles. The Bertz CT molecular complexity index is 1030. The smallest absolute Gasteiger partial charge is 0.391 e. The van der Waals surface area contributed by atoms with Gasteiger partial charge in [-0.2, -0.15) is 35.1 Å². The fourth-order valence-corrected chi connectivity index (χ4v) is 3.78. The molecule has 0 aromatic carbocycles. The molecule has 4 atom stereocenters. The van der Waals surface area contributed by atoms with Crippen molar-refractivity contribution in [3.05, 3.63) is 0 Å². The number of unbranched alkanes of at least 4 members (excludes halogenated alkanes) is 1. The summed E-state index contributed by atoms with van der Waals surface area (Å²) < 4.78 is 212. The van der Waals surface area contributed by atoms with E-state index in [1.54, 1.807) is 0 Å². The Hall–Kier alpha value is -1.40. The monoisotopic (exact) mass is 830 g/mol. The van der Waals surface area contributed by atoms with E-state index in [2.05, 4.69) is 42.6 Å². The van der Waals surface area contributed by atoms with Crippen molar-refractivity contribution in [2.75, 3.05) is 92.5 Å². The second-order valence-electron chi connectivity index (χ2n) is 11.7. The normalized spacial score (nSPS) is 19.7. The first-order valence-electron chi connectivity index (χ1n) is 16.1. The third-order valence-corrected chi connectivity index (χ3v) is 6.25. The third kappa shape index (κ3) is 25.7. The Kier molecular flexibility index (Phi) is 20.3. The zero-order valence-corrected chi connectivity index (χ0v) is 28.4. The average molecular weight is 831 g/mol. The van der Waals surface area contributed by atoms with Crippen molar-refractivity contribution in [1.29, 1.82) is 0 Å². The van der Waals surface area contributed by atoms with Crippen LogP contribution >= 0.6 is 0 Å². The second-order valence-corrected chi connectivity index (χ2v) is 11.7. The predicted octanol–water partition coefficient (Wildman–Crippen LogP) is 3.70. The van der Waals surface area contributed by atoms with Gasteiger partial charge >= 0.3 is 37.0 Å². The molecule has 322 valence electrons. The van der Waals surface area contributed by atoms with Gasteiger partial charge in [-0.1, -0.05) is 12.8 Å². The lowest BCUT2D eigenvalue weighted by Gasteiger charge is -2.26. The molecule has 0 saturated carbocycles. The van der Waals surface area contributed by atoms with Crippen LogP contribution in [-0.2, 0) is 56.8 Å².